The summed E-state index contributed by atoms with van der Waals surface area (Å²) in [4.78, 5) is 33.2. The standard InChI is InChI=1S/C18H18N4O4/c1-9-11-4-3-10(25-2)7-14(11)26-15(9)17(24)22-6-5-12-13(8-22)20-18(19)21-16(12)23/h3-4,7H,5-6,8H2,1-2H3,(H3,19,20,21,23). The Bertz CT molecular complexity index is 1080. The average Bonchev–Trinajstić information content (AvgIpc) is 2.96. The number of rotatable bonds is 2. The third-order valence-corrected chi connectivity index (χ3v) is 4.72. The van der Waals surface area contributed by atoms with E-state index < -0.39 is 0 Å². The van der Waals surface area contributed by atoms with Gasteiger partial charge in [-0.3, -0.25) is 14.6 Å². The van der Waals surface area contributed by atoms with Gasteiger partial charge in [-0.1, -0.05) is 0 Å². The lowest BCUT2D eigenvalue weighted by Gasteiger charge is -2.27. The second-order valence-electron chi connectivity index (χ2n) is 6.27. The van der Waals surface area contributed by atoms with E-state index >= 15 is 0 Å². The molecule has 0 bridgehead atoms. The van der Waals surface area contributed by atoms with Crippen molar-refractivity contribution >= 4 is 22.8 Å². The van der Waals surface area contributed by atoms with Crippen LogP contribution in [-0.2, 0) is 13.0 Å². The maximum Gasteiger partial charge on any atom is 0.290 e. The van der Waals surface area contributed by atoms with Crippen molar-refractivity contribution in [2.45, 2.75) is 19.9 Å². The summed E-state index contributed by atoms with van der Waals surface area (Å²) < 4.78 is 11.0. The van der Waals surface area contributed by atoms with E-state index in [0.29, 0.717) is 35.6 Å². The lowest BCUT2D eigenvalue weighted by atomic mass is 10.1. The summed E-state index contributed by atoms with van der Waals surface area (Å²) in [6, 6.07) is 5.46. The van der Waals surface area contributed by atoms with Gasteiger partial charge in [0.2, 0.25) is 5.95 Å². The Morgan fingerprint density at radius 1 is 1.42 bits per heavy atom. The smallest absolute Gasteiger partial charge is 0.290 e. The van der Waals surface area contributed by atoms with E-state index in [4.69, 9.17) is 14.9 Å². The highest BCUT2D eigenvalue weighted by Gasteiger charge is 2.28. The fourth-order valence-electron chi connectivity index (χ4n) is 3.31. The molecule has 134 valence electrons. The highest BCUT2D eigenvalue weighted by Crippen LogP contribution is 2.30. The summed E-state index contributed by atoms with van der Waals surface area (Å²) >= 11 is 0. The van der Waals surface area contributed by atoms with Crippen molar-refractivity contribution in [1.82, 2.24) is 14.9 Å². The molecule has 1 aliphatic heterocycles. The number of aromatic amines is 1. The van der Waals surface area contributed by atoms with Crippen LogP contribution in [0.1, 0.15) is 27.4 Å². The number of ether oxygens (including phenoxy) is 1. The fourth-order valence-corrected chi connectivity index (χ4v) is 3.31. The van der Waals surface area contributed by atoms with E-state index in [1.807, 2.05) is 19.1 Å². The molecule has 0 spiro atoms. The molecular formula is C18H18N4O4. The Morgan fingerprint density at radius 2 is 2.23 bits per heavy atom. The number of hydrogen-bond acceptors (Lipinski definition) is 6. The maximum absolute atomic E-state index is 13.0. The van der Waals surface area contributed by atoms with Crippen molar-refractivity contribution in [2.75, 3.05) is 19.4 Å². The molecule has 3 aromatic rings. The quantitative estimate of drug-likeness (QED) is 0.723. The highest BCUT2D eigenvalue weighted by atomic mass is 16.5. The van der Waals surface area contributed by atoms with Gasteiger partial charge < -0.3 is 19.8 Å². The number of amides is 1. The van der Waals surface area contributed by atoms with Crippen LogP contribution in [0, 0.1) is 6.92 Å². The number of carbonyl (C=O) groups is 1. The fraction of sp³-hybridized carbons (Fsp3) is 0.278. The zero-order valence-electron chi connectivity index (χ0n) is 14.5. The Hall–Kier alpha value is -3.29. The first-order valence-corrected chi connectivity index (χ1v) is 8.22. The molecule has 4 rings (SSSR count). The minimum atomic E-state index is -0.244. The number of aromatic nitrogens is 2. The van der Waals surface area contributed by atoms with Gasteiger partial charge in [0, 0.05) is 29.1 Å². The number of methoxy groups -OCH3 is 1. The molecule has 2 aromatic heterocycles. The van der Waals surface area contributed by atoms with Gasteiger partial charge in [0.25, 0.3) is 11.5 Å². The van der Waals surface area contributed by atoms with Crippen LogP contribution in [0.25, 0.3) is 11.0 Å². The number of nitrogens with zero attached hydrogens (tertiary/aromatic N) is 2. The van der Waals surface area contributed by atoms with Crippen molar-refractivity contribution in [3.63, 3.8) is 0 Å². The third-order valence-electron chi connectivity index (χ3n) is 4.72. The number of nitrogen functional groups attached to an aromatic ring is 1. The lowest BCUT2D eigenvalue weighted by molar-refractivity contribution is 0.0700. The number of nitrogens with two attached hydrogens (primary N) is 1. The molecule has 26 heavy (non-hydrogen) atoms. The van der Waals surface area contributed by atoms with Crippen LogP contribution in [0.5, 0.6) is 5.75 Å². The number of carbonyl (C=O) groups excluding carboxylic acids is 1. The van der Waals surface area contributed by atoms with Crippen molar-refractivity contribution < 1.29 is 13.9 Å². The zero-order valence-corrected chi connectivity index (χ0v) is 14.5. The summed E-state index contributed by atoms with van der Waals surface area (Å²) in [6.07, 6.45) is 0.427. The normalized spacial score (nSPS) is 13.7. The maximum atomic E-state index is 13.0. The molecule has 3 N–H and O–H groups in total. The van der Waals surface area contributed by atoms with Gasteiger partial charge in [-0.15, -0.1) is 0 Å². The average molecular weight is 354 g/mol. The van der Waals surface area contributed by atoms with Gasteiger partial charge in [-0.05, 0) is 25.5 Å². The molecule has 0 saturated heterocycles. The molecule has 0 fully saturated rings. The van der Waals surface area contributed by atoms with Crippen LogP contribution < -0.4 is 16.0 Å². The molecule has 0 radical (unpaired) electrons. The number of nitrogens with one attached hydrogen (secondary N) is 1. The summed E-state index contributed by atoms with van der Waals surface area (Å²) in [6.45, 7) is 2.49. The van der Waals surface area contributed by atoms with E-state index in [1.165, 1.54) is 0 Å². The van der Waals surface area contributed by atoms with Crippen molar-refractivity contribution in [3.8, 4) is 5.75 Å². The van der Waals surface area contributed by atoms with Crippen LogP contribution in [0.2, 0.25) is 0 Å². The SMILES string of the molecule is COc1ccc2c(C)c(C(=O)N3CCc4c(nc(N)[nH]c4=O)C3)oc2c1. The van der Waals surface area contributed by atoms with Crippen LogP contribution in [-0.4, -0.2) is 34.4 Å². The number of hydrogen-bond donors (Lipinski definition) is 2. The minimum Gasteiger partial charge on any atom is -0.497 e. The zero-order chi connectivity index (χ0) is 18.4. The molecule has 0 saturated carbocycles. The van der Waals surface area contributed by atoms with Gasteiger partial charge in [-0.2, -0.15) is 0 Å². The van der Waals surface area contributed by atoms with Gasteiger partial charge >= 0.3 is 0 Å². The number of benzene rings is 1. The second-order valence-corrected chi connectivity index (χ2v) is 6.27. The van der Waals surface area contributed by atoms with Crippen molar-refractivity contribution in [3.05, 3.63) is 51.1 Å². The van der Waals surface area contributed by atoms with Gasteiger partial charge in [0.15, 0.2) is 5.76 Å². The van der Waals surface area contributed by atoms with Crippen LogP contribution in [0.4, 0.5) is 5.95 Å². The van der Waals surface area contributed by atoms with Crippen LogP contribution in [0.15, 0.2) is 27.4 Å². The number of H-pyrrole nitrogens is 1. The lowest BCUT2D eigenvalue weighted by Crippen LogP contribution is -2.39. The number of fused-ring (bicyclic) bond motifs is 2. The first-order chi connectivity index (χ1) is 12.5. The van der Waals surface area contributed by atoms with Crippen LogP contribution >= 0.6 is 0 Å². The van der Waals surface area contributed by atoms with E-state index in [1.54, 1.807) is 18.1 Å². The van der Waals surface area contributed by atoms with Gasteiger partial charge in [0.05, 0.1) is 19.3 Å². The van der Waals surface area contributed by atoms with E-state index in [0.717, 1.165) is 10.9 Å². The molecule has 1 aliphatic rings. The van der Waals surface area contributed by atoms with E-state index in [-0.39, 0.29) is 29.7 Å². The topological polar surface area (TPSA) is 114 Å². The Balaban J connectivity index is 1.69. The summed E-state index contributed by atoms with van der Waals surface area (Å²) in [5.41, 5.74) is 7.85. The van der Waals surface area contributed by atoms with Crippen molar-refractivity contribution in [2.24, 2.45) is 0 Å². The largest absolute Gasteiger partial charge is 0.497 e. The second kappa shape index (κ2) is 5.91. The molecule has 8 nitrogen and oxygen atoms in total. The molecule has 0 unspecified atom stereocenters. The van der Waals surface area contributed by atoms with E-state index in [9.17, 15) is 9.59 Å². The number of anilines is 1. The Kier molecular flexibility index (Phi) is 3.68. The summed E-state index contributed by atoms with van der Waals surface area (Å²) in [7, 11) is 1.58. The molecule has 8 heteroatoms. The predicted octanol–water partition coefficient (Wildman–Crippen LogP) is 1.61. The number of aryl methyl sites for hydroxylation is 1. The third kappa shape index (κ3) is 2.50. The van der Waals surface area contributed by atoms with Crippen molar-refractivity contribution in [1.29, 1.82) is 0 Å². The Morgan fingerprint density at radius 3 is 3.00 bits per heavy atom. The summed E-state index contributed by atoms with van der Waals surface area (Å²) in [5, 5.41) is 0.866. The molecule has 0 aliphatic carbocycles. The highest BCUT2D eigenvalue weighted by molar-refractivity contribution is 5.99. The van der Waals surface area contributed by atoms with E-state index in [2.05, 4.69) is 9.97 Å². The molecular weight excluding hydrogens is 336 g/mol. The molecule has 3 heterocycles. The molecule has 1 amide bonds. The first-order valence-electron chi connectivity index (χ1n) is 8.22. The van der Waals surface area contributed by atoms with Gasteiger partial charge in [-0.25, -0.2) is 4.98 Å². The first kappa shape index (κ1) is 16.2. The monoisotopic (exact) mass is 354 g/mol. The predicted molar refractivity (Wildman–Crippen MR) is 95.2 cm³/mol. The van der Waals surface area contributed by atoms with Gasteiger partial charge in [0.1, 0.15) is 11.3 Å². The molecule has 0 atom stereocenters. The summed E-state index contributed by atoms with van der Waals surface area (Å²) in [5.74, 6) is 0.768. The minimum absolute atomic E-state index is 0.0510. The Labute approximate surface area is 148 Å². The molecule has 1 aromatic carbocycles. The van der Waals surface area contributed by atoms with Crippen LogP contribution in [0.3, 0.4) is 0 Å². The number of furan rings is 1.